The smallest absolute Gasteiger partial charge is 0.309 e. The van der Waals surface area contributed by atoms with E-state index in [0.717, 1.165) is 36.0 Å². The SMILES string of the molecule is CCOC(=O)C1CCCC1C(=O)Cc1c(C)cc(I)cc1C. The van der Waals surface area contributed by atoms with Gasteiger partial charge in [-0.2, -0.15) is 0 Å². The fourth-order valence-electron chi connectivity index (χ4n) is 3.40. The van der Waals surface area contributed by atoms with Crippen LogP contribution in [-0.4, -0.2) is 18.4 Å². The minimum Gasteiger partial charge on any atom is -0.466 e. The monoisotopic (exact) mass is 414 g/mol. The van der Waals surface area contributed by atoms with Crippen LogP contribution in [0.3, 0.4) is 0 Å². The second-order valence-electron chi connectivity index (χ2n) is 6.06. The molecule has 0 bridgehead atoms. The van der Waals surface area contributed by atoms with Gasteiger partial charge < -0.3 is 4.74 Å². The van der Waals surface area contributed by atoms with Crippen molar-refractivity contribution in [1.82, 2.24) is 0 Å². The predicted octanol–water partition coefficient (Wildman–Crippen LogP) is 4.00. The summed E-state index contributed by atoms with van der Waals surface area (Å²) in [5.74, 6) is -0.425. The molecular formula is C18H23IO3. The van der Waals surface area contributed by atoms with Crippen molar-refractivity contribution in [3.8, 4) is 0 Å². The molecule has 2 rings (SSSR count). The fourth-order valence-corrected chi connectivity index (χ4v) is 4.34. The molecule has 0 amide bonds. The molecule has 0 aliphatic heterocycles. The minimum absolute atomic E-state index is 0.169. The van der Waals surface area contributed by atoms with Gasteiger partial charge in [0.05, 0.1) is 12.5 Å². The van der Waals surface area contributed by atoms with Crippen LogP contribution in [0, 0.1) is 29.3 Å². The molecule has 0 N–H and O–H groups in total. The lowest BCUT2D eigenvalue weighted by Crippen LogP contribution is -2.28. The van der Waals surface area contributed by atoms with E-state index in [1.54, 1.807) is 0 Å². The molecule has 1 aliphatic carbocycles. The zero-order chi connectivity index (χ0) is 16.3. The third-order valence-corrected chi connectivity index (χ3v) is 5.15. The summed E-state index contributed by atoms with van der Waals surface area (Å²) in [4.78, 5) is 24.7. The molecule has 1 fully saturated rings. The van der Waals surface area contributed by atoms with E-state index in [1.165, 1.54) is 3.57 Å². The molecule has 4 heteroatoms. The highest BCUT2D eigenvalue weighted by atomic mass is 127. The number of rotatable bonds is 5. The lowest BCUT2D eigenvalue weighted by Gasteiger charge is -2.18. The average Bonchev–Trinajstić information content (AvgIpc) is 2.92. The number of benzene rings is 1. The Morgan fingerprint density at radius 3 is 2.36 bits per heavy atom. The van der Waals surface area contributed by atoms with Crippen molar-refractivity contribution in [2.75, 3.05) is 6.61 Å². The Bertz CT molecular complexity index is 557. The zero-order valence-corrected chi connectivity index (χ0v) is 15.6. The molecule has 1 saturated carbocycles. The Hall–Kier alpha value is -0.910. The molecule has 2 unspecified atom stereocenters. The zero-order valence-electron chi connectivity index (χ0n) is 13.4. The molecule has 120 valence electrons. The Morgan fingerprint density at radius 1 is 1.18 bits per heavy atom. The number of ether oxygens (including phenoxy) is 1. The number of esters is 1. The van der Waals surface area contributed by atoms with E-state index in [4.69, 9.17) is 4.74 Å². The van der Waals surface area contributed by atoms with Gasteiger partial charge in [0.1, 0.15) is 5.78 Å². The van der Waals surface area contributed by atoms with Crippen molar-refractivity contribution in [3.63, 3.8) is 0 Å². The number of carbonyl (C=O) groups excluding carboxylic acids is 2. The fraction of sp³-hybridized carbons (Fsp3) is 0.556. The second kappa shape index (κ2) is 7.57. The average molecular weight is 414 g/mol. The largest absolute Gasteiger partial charge is 0.466 e. The van der Waals surface area contributed by atoms with Gasteiger partial charge in [-0.15, -0.1) is 0 Å². The number of hydrogen-bond acceptors (Lipinski definition) is 3. The summed E-state index contributed by atoms with van der Waals surface area (Å²) < 4.78 is 6.32. The van der Waals surface area contributed by atoms with Gasteiger partial charge in [-0.05, 0) is 85.0 Å². The maximum Gasteiger partial charge on any atom is 0.309 e. The van der Waals surface area contributed by atoms with Gasteiger partial charge in [-0.1, -0.05) is 6.42 Å². The summed E-state index contributed by atoms with van der Waals surface area (Å²) in [7, 11) is 0. The van der Waals surface area contributed by atoms with Crippen LogP contribution in [0.4, 0.5) is 0 Å². The quantitative estimate of drug-likeness (QED) is 0.541. The van der Waals surface area contributed by atoms with Crippen LogP contribution in [0.15, 0.2) is 12.1 Å². The van der Waals surface area contributed by atoms with Crippen molar-refractivity contribution in [2.24, 2.45) is 11.8 Å². The number of carbonyl (C=O) groups is 2. The van der Waals surface area contributed by atoms with E-state index >= 15 is 0 Å². The summed E-state index contributed by atoms with van der Waals surface area (Å²) in [6.07, 6.45) is 2.95. The summed E-state index contributed by atoms with van der Waals surface area (Å²) in [6, 6.07) is 4.21. The standard InChI is InChI=1S/C18H23IO3/c1-4-22-18(21)15-7-5-6-14(15)17(20)10-16-11(2)8-13(19)9-12(16)3/h8-9,14-15H,4-7,10H2,1-3H3. The van der Waals surface area contributed by atoms with Crippen molar-refractivity contribution in [3.05, 3.63) is 32.4 Å². The van der Waals surface area contributed by atoms with Gasteiger partial charge in [-0.3, -0.25) is 9.59 Å². The first kappa shape index (κ1) is 17.4. The van der Waals surface area contributed by atoms with E-state index in [2.05, 4.69) is 48.6 Å². The number of ketones is 1. The summed E-state index contributed by atoms with van der Waals surface area (Å²) in [5.41, 5.74) is 3.42. The first-order chi connectivity index (χ1) is 10.4. The van der Waals surface area contributed by atoms with Crippen LogP contribution in [0.25, 0.3) is 0 Å². The van der Waals surface area contributed by atoms with Gasteiger partial charge in [0, 0.05) is 15.9 Å². The van der Waals surface area contributed by atoms with E-state index in [-0.39, 0.29) is 23.6 Å². The van der Waals surface area contributed by atoms with Crippen molar-refractivity contribution < 1.29 is 14.3 Å². The summed E-state index contributed by atoms with van der Waals surface area (Å²) in [5, 5.41) is 0. The Balaban J connectivity index is 2.13. The van der Waals surface area contributed by atoms with E-state index < -0.39 is 0 Å². The second-order valence-corrected chi connectivity index (χ2v) is 7.30. The molecule has 0 spiro atoms. The van der Waals surface area contributed by atoms with E-state index in [9.17, 15) is 9.59 Å². The van der Waals surface area contributed by atoms with E-state index in [0.29, 0.717) is 13.0 Å². The third kappa shape index (κ3) is 3.89. The number of hydrogen-bond donors (Lipinski definition) is 0. The first-order valence-corrected chi connectivity index (χ1v) is 8.96. The van der Waals surface area contributed by atoms with Crippen molar-refractivity contribution in [2.45, 2.75) is 46.5 Å². The maximum atomic E-state index is 12.7. The van der Waals surface area contributed by atoms with Crippen LogP contribution < -0.4 is 0 Å². The topological polar surface area (TPSA) is 43.4 Å². The molecule has 0 heterocycles. The molecule has 0 aromatic heterocycles. The maximum absolute atomic E-state index is 12.7. The molecule has 3 nitrogen and oxygen atoms in total. The molecule has 2 atom stereocenters. The number of aryl methyl sites for hydroxylation is 2. The number of Topliss-reactive ketones (excluding diaryl/α,β-unsaturated/α-hetero) is 1. The van der Waals surface area contributed by atoms with Gasteiger partial charge >= 0.3 is 5.97 Å². The van der Waals surface area contributed by atoms with Crippen LogP contribution >= 0.6 is 22.6 Å². The van der Waals surface area contributed by atoms with Gasteiger partial charge in [0.15, 0.2) is 0 Å². The number of halogens is 1. The Labute approximate surface area is 146 Å². The van der Waals surface area contributed by atoms with Gasteiger partial charge in [0.2, 0.25) is 0 Å². The molecule has 0 saturated heterocycles. The van der Waals surface area contributed by atoms with Gasteiger partial charge in [0.25, 0.3) is 0 Å². The molecule has 1 aromatic rings. The summed E-state index contributed by atoms with van der Waals surface area (Å²) in [6.45, 7) is 6.29. The van der Waals surface area contributed by atoms with Crippen molar-refractivity contribution >= 4 is 34.3 Å². The van der Waals surface area contributed by atoms with Crippen molar-refractivity contribution in [1.29, 1.82) is 0 Å². The highest BCUT2D eigenvalue weighted by Gasteiger charge is 2.38. The van der Waals surface area contributed by atoms with Gasteiger partial charge in [-0.25, -0.2) is 0 Å². The lowest BCUT2D eigenvalue weighted by atomic mass is 9.87. The molecular weight excluding hydrogens is 391 g/mol. The normalized spacial score (nSPS) is 20.9. The molecule has 1 aromatic carbocycles. The Kier molecular flexibility index (Phi) is 6.01. The van der Waals surface area contributed by atoms with Crippen LogP contribution in [0.5, 0.6) is 0 Å². The first-order valence-electron chi connectivity index (χ1n) is 7.89. The van der Waals surface area contributed by atoms with E-state index in [1.807, 2.05) is 6.92 Å². The van der Waals surface area contributed by atoms with Crippen LogP contribution in [-0.2, 0) is 20.7 Å². The third-order valence-electron chi connectivity index (χ3n) is 4.53. The highest BCUT2D eigenvalue weighted by molar-refractivity contribution is 14.1. The lowest BCUT2D eigenvalue weighted by molar-refractivity contribution is -0.151. The predicted molar refractivity (Wildman–Crippen MR) is 94.8 cm³/mol. The molecule has 22 heavy (non-hydrogen) atoms. The molecule has 1 aliphatic rings. The van der Waals surface area contributed by atoms with Crippen LogP contribution in [0.1, 0.15) is 42.9 Å². The summed E-state index contributed by atoms with van der Waals surface area (Å²) >= 11 is 2.29. The van der Waals surface area contributed by atoms with Crippen LogP contribution in [0.2, 0.25) is 0 Å². The molecule has 0 radical (unpaired) electrons. The minimum atomic E-state index is -0.239. The highest BCUT2D eigenvalue weighted by Crippen LogP contribution is 2.34. The Morgan fingerprint density at radius 2 is 1.77 bits per heavy atom.